The molecule has 2 aromatic rings. The number of fused-ring (bicyclic) bond motifs is 1. The predicted molar refractivity (Wildman–Crippen MR) is 102 cm³/mol. The van der Waals surface area contributed by atoms with E-state index in [1.165, 1.54) is 27.5 Å². The molecule has 3 rings (SSSR count). The summed E-state index contributed by atoms with van der Waals surface area (Å²) in [5.41, 5.74) is 6.13. The highest BCUT2D eigenvalue weighted by atomic mass is 127. The molecule has 0 N–H and O–H groups in total. The number of hydrogen-bond donors (Lipinski definition) is 0. The SMILES string of the molecule is C=Ic1ccc([C@@H]2CC[C@H](C)c3ccccc32)cc1CC. The van der Waals surface area contributed by atoms with Gasteiger partial charge < -0.3 is 0 Å². The van der Waals surface area contributed by atoms with Gasteiger partial charge in [-0.3, -0.25) is 0 Å². The average molecular weight is 390 g/mol. The third-order valence-electron chi connectivity index (χ3n) is 4.79. The van der Waals surface area contributed by atoms with E-state index in [1.807, 2.05) is 0 Å². The van der Waals surface area contributed by atoms with Gasteiger partial charge in [0, 0.05) is 9.49 Å². The fourth-order valence-electron chi connectivity index (χ4n) is 3.56. The summed E-state index contributed by atoms with van der Waals surface area (Å²) < 4.78 is 5.67. The highest BCUT2D eigenvalue weighted by Crippen LogP contribution is 2.42. The maximum Gasteiger partial charge on any atom is 0.0104 e. The van der Waals surface area contributed by atoms with Crippen LogP contribution in [0.25, 0.3) is 0 Å². The Morgan fingerprint density at radius 2 is 1.86 bits per heavy atom. The summed E-state index contributed by atoms with van der Waals surface area (Å²) in [6, 6.07) is 16.2. The fourth-order valence-corrected chi connectivity index (χ4v) is 5.02. The molecule has 0 bridgehead atoms. The van der Waals surface area contributed by atoms with Crippen molar-refractivity contribution >= 4 is 25.2 Å². The number of hydrogen-bond acceptors (Lipinski definition) is 0. The van der Waals surface area contributed by atoms with Crippen LogP contribution < -0.4 is 0 Å². The van der Waals surface area contributed by atoms with Crippen molar-refractivity contribution in [2.75, 3.05) is 0 Å². The molecule has 1 aliphatic rings. The van der Waals surface area contributed by atoms with Gasteiger partial charge in [-0.1, -0.05) is 75.5 Å². The van der Waals surface area contributed by atoms with Crippen LogP contribution >= 0.6 is 20.7 Å². The van der Waals surface area contributed by atoms with Crippen LogP contribution in [0.4, 0.5) is 0 Å². The maximum absolute atomic E-state index is 4.16. The van der Waals surface area contributed by atoms with Gasteiger partial charge in [-0.05, 0) is 53.5 Å². The molecule has 1 heteroatoms. The molecule has 0 unspecified atom stereocenters. The Hall–Kier alpha value is -0.960. The third kappa shape index (κ3) is 2.85. The minimum Gasteiger partial charge on any atom is -0.0934 e. The number of rotatable bonds is 3. The van der Waals surface area contributed by atoms with Gasteiger partial charge in [0.15, 0.2) is 0 Å². The Bertz CT molecular complexity index is 657. The lowest BCUT2D eigenvalue weighted by Gasteiger charge is -2.30. The van der Waals surface area contributed by atoms with Gasteiger partial charge in [-0.2, -0.15) is 0 Å². The Morgan fingerprint density at radius 1 is 1.10 bits per heavy atom. The number of benzene rings is 2. The van der Waals surface area contributed by atoms with Gasteiger partial charge in [0.1, 0.15) is 0 Å². The first kappa shape index (κ1) is 15.0. The first-order valence-electron chi connectivity index (χ1n) is 7.84. The molecule has 2 aromatic carbocycles. The largest absolute Gasteiger partial charge is 0.0934 e. The maximum atomic E-state index is 4.16. The van der Waals surface area contributed by atoms with Crippen molar-refractivity contribution in [2.24, 2.45) is 0 Å². The minimum atomic E-state index is -0.0608. The van der Waals surface area contributed by atoms with E-state index in [0.717, 1.165) is 6.42 Å². The molecular weight excluding hydrogens is 367 g/mol. The van der Waals surface area contributed by atoms with Crippen molar-refractivity contribution in [1.82, 2.24) is 0 Å². The minimum absolute atomic E-state index is 0.0608. The Balaban J connectivity index is 2.05. The predicted octanol–water partition coefficient (Wildman–Crippen LogP) is 5.85. The molecule has 0 heterocycles. The molecule has 0 radical (unpaired) electrons. The molecule has 0 fully saturated rings. The topological polar surface area (TPSA) is 0 Å². The molecule has 21 heavy (non-hydrogen) atoms. The monoisotopic (exact) mass is 390 g/mol. The lowest BCUT2D eigenvalue weighted by Crippen LogP contribution is -2.14. The van der Waals surface area contributed by atoms with Gasteiger partial charge in [-0.15, -0.1) is 0 Å². The first-order valence-corrected chi connectivity index (χ1v) is 10.4. The van der Waals surface area contributed by atoms with E-state index in [9.17, 15) is 0 Å². The second kappa shape index (κ2) is 6.43. The van der Waals surface area contributed by atoms with Crippen LogP contribution in [0, 0.1) is 3.57 Å². The molecule has 0 aliphatic heterocycles. The number of aryl methyl sites for hydroxylation is 1. The highest BCUT2D eigenvalue weighted by molar-refractivity contribution is 14.2. The summed E-state index contributed by atoms with van der Waals surface area (Å²) in [7, 11) is 0. The molecule has 0 spiro atoms. The highest BCUT2D eigenvalue weighted by Gasteiger charge is 2.25. The zero-order chi connectivity index (χ0) is 14.8. The Labute approximate surface area is 138 Å². The van der Waals surface area contributed by atoms with Gasteiger partial charge in [0.25, 0.3) is 0 Å². The quantitative estimate of drug-likeness (QED) is 0.577. The zero-order valence-corrected chi connectivity index (χ0v) is 15.1. The van der Waals surface area contributed by atoms with Crippen molar-refractivity contribution in [2.45, 2.75) is 44.9 Å². The molecule has 0 aromatic heterocycles. The summed E-state index contributed by atoms with van der Waals surface area (Å²) in [5, 5.41) is 0. The van der Waals surface area contributed by atoms with Crippen LogP contribution in [0.15, 0.2) is 42.5 Å². The molecule has 1 aliphatic carbocycles. The molecule has 0 amide bonds. The van der Waals surface area contributed by atoms with Crippen molar-refractivity contribution in [3.63, 3.8) is 0 Å². The normalized spacial score (nSPS) is 21.0. The summed E-state index contributed by atoms with van der Waals surface area (Å²) in [4.78, 5) is 0. The first-order chi connectivity index (χ1) is 10.2. The Kier molecular flexibility index (Phi) is 4.58. The standard InChI is InChI=1S/C20H23I/c1-4-15-13-16(10-12-20(15)21-3)18-11-9-14(2)17-7-5-6-8-19(17)18/h5-8,10,12-14,18H,3-4,9,11H2,1-2H3/t14-,18-/m0/s1. The van der Waals surface area contributed by atoms with Gasteiger partial charge in [0.2, 0.25) is 0 Å². The fraction of sp³-hybridized carbons (Fsp3) is 0.350. The zero-order valence-electron chi connectivity index (χ0n) is 12.9. The smallest absolute Gasteiger partial charge is 0.0104 e. The second-order valence-corrected chi connectivity index (χ2v) is 7.92. The summed E-state index contributed by atoms with van der Waals surface area (Å²) in [6.45, 7) is 4.63. The lowest BCUT2D eigenvalue weighted by atomic mass is 9.74. The summed E-state index contributed by atoms with van der Waals surface area (Å²) >= 11 is -0.0608. The van der Waals surface area contributed by atoms with Crippen LogP contribution in [0.1, 0.15) is 60.8 Å². The van der Waals surface area contributed by atoms with Crippen molar-refractivity contribution < 1.29 is 0 Å². The van der Waals surface area contributed by atoms with E-state index in [1.54, 1.807) is 11.1 Å². The average Bonchev–Trinajstić information content (AvgIpc) is 2.55. The van der Waals surface area contributed by atoms with Crippen molar-refractivity contribution in [1.29, 1.82) is 0 Å². The van der Waals surface area contributed by atoms with E-state index in [-0.39, 0.29) is 20.7 Å². The molecule has 0 nitrogen and oxygen atoms in total. The second-order valence-electron chi connectivity index (χ2n) is 6.00. The summed E-state index contributed by atoms with van der Waals surface area (Å²) in [5.74, 6) is 1.29. The van der Waals surface area contributed by atoms with E-state index in [2.05, 4.69) is 60.8 Å². The van der Waals surface area contributed by atoms with Gasteiger partial charge in [0.05, 0.1) is 0 Å². The third-order valence-corrected chi connectivity index (χ3v) is 6.66. The van der Waals surface area contributed by atoms with Gasteiger partial charge in [-0.25, -0.2) is 0 Å². The van der Waals surface area contributed by atoms with Crippen LogP contribution in [-0.4, -0.2) is 4.51 Å². The molecule has 0 saturated carbocycles. The van der Waals surface area contributed by atoms with E-state index < -0.39 is 0 Å². The lowest BCUT2D eigenvalue weighted by molar-refractivity contribution is 0.545. The Morgan fingerprint density at radius 3 is 2.57 bits per heavy atom. The molecule has 2 atom stereocenters. The van der Waals surface area contributed by atoms with E-state index in [0.29, 0.717) is 11.8 Å². The van der Waals surface area contributed by atoms with Crippen molar-refractivity contribution in [3.8, 4) is 0 Å². The van der Waals surface area contributed by atoms with Crippen LogP contribution in [0.5, 0.6) is 0 Å². The molecule has 110 valence electrons. The molecular formula is C20H23I. The van der Waals surface area contributed by atoms with Crippen LogP contribution in [-0.2, 0) is 6.42 Å². The van der Waals surface area contributed by atoms with E-state index in [4.69, 9.17) is 0 Å². The van der Waals surface area contributed by atoms with Crippen molar-refractivity contribution in [3.05, 3.63) is 68.3 Å². The van der Waals surface area contributed by atoms with Gasteiger partial charge >= 0.3 is 0 Å². The van der Waals surface area contributed by atoms with Crippen LogP contribution in [0.2, 0.25) is 0 Å². The molecule has 0 saturated heterocycles. The summed E-state index contributed by atoms with van der Waals surface area (Å²) in [6.07, 6.45) is 3.70. The van der Waals surface area contributed by atoms with E-state index >= 15 is 0 Å². The number of halogens is 1. The van der Waals surface area contributed by atoms with Crippen LogP contribution in [0.3, 0.4) is 0 Å².